The lowest BCUT2D eigenvalue weighted by atomic mass is 9.84. The summed E-state index contributed by atoms with van der Waals surface area (Å²) in [5, 5.41) is 13.7. The van der Waals surface area contributed by atoms with E-state index in [-0.39, 0.29) is 24.2 Å². The van der Waals surface area contributed by atoms with E-state index in [0.717, 1.165) is 43.0 Å². The molecule has 1 aromatic carbocycles. The molecule has 148 valence electrons. The Morgan fingerprint density at radius 1 is 1.22 bits per heavy atom. The van der Waals surface area contributed by atoms with E-state index in [9.17, 15) is 4.79 Å². The van der Waals surface area contributed by atoms with Crippen LogP contribution >= 0.6 is 12.4 Å². The number of piperidine rings is 1. The van der Waals surface area contributed by atoms with Crippen LogP contribution in [0.5, 0.6) is 0 Å². The second-order valence-corrected chi connectivity index (χ2v) is 7.56. The molecule has 27 heavy (non-hydrogen) atoms. The third-order valence-electron chi connectivity index (χ3n) is 5.19. The molecule has 0 spiro atoms. The summed E-state index contributed by atoms with van der Waals surface area (Å²) in [6.45, 7) is 8.44. The van der Waals surface area contributed by atoms with Gasteiger partial charge in [0.05, 0.1) is 5.69 Å². The molecule has 0 radical (unpaired) electrons. The molecular formula is C20H30ClN5O. The molecule has 0 saturated carbocycles. The molecule has 1 saturated heterocycles. The summed E-state index contributed by atoms with van der Waals surface area (Å²) in [7, 11) is 0. The maximum atomic E-state index is 12.6. The molecular weight excluding hydrogens is 362 g/mol. The van der Waals surface area contributed by atoms with Crippen LogP contribution in [0, 0.1) is 11.8 Å². The van der Waals surface area contributed by atoms with E-state index in [2.05, 4.69) is 46.6 Å². The number of rotatable bonds is 6. The summed E-state index contributed by atoms with van der Waals surface area (Å²) in [6.07, 6.45) is 2.85. The van der Waals surface area contributed by atoms with Gasteiger partial charge in [-0.1, -0.05) is 32.9 Å². The predicted molar refractivity (Wildman–Crippen MR) is 111 cm³/mol. The number of nitrogens with one attached hydrogen (secondary N) is 3. The summed E-state index contributed by atoms with van der Waals surface area (Å²) in [4.78, 5) is 17.1. The molecule has 1 fully saturated rings. The molecule has 1 aromatic heterocycles. The van der Waals surface area contributed by atoms with Gasteiger partial charge in [0.2, 0.25) is 5.91 Å². The number of hydrogen-bond donors (Lipinski definition) is 3. The Hall–Kier alpha value is -1.92. The first kappa shape index (κ1) is 21.4. The second-order valence-electron chi connectivity index (χ2n) is 7.56. The number of aromatic nitrogens is 3. The fraction of sp³-hybridized carbons (Fsp3) is 0.550. The predicted octanol–water partition coefficient (Wildman–Crippen LogP) is 3.98. The first-order valence-electron chi connectivity index (χ1n) is 9.57. The molecule has 1 amide bonds. The van der Waals surface area contributed by atoms with Crippen molar-refractivity contribution in [3.8, 4) is 11.4 Å². The minimum Gasteiger partial charge on any atom is -0.325 e. The Morgan fingerprint density at radius 2 is 1.93 bits per heavy atom. The Labute approximate surface area is 167 Å². The van der Waals surface area contributed by atoms with Crippen LogP contribution in [0.1, 0.15) is 51.8 Å². The highest BCUT2D eigenvalue weighted by molar-refractivity contribution is 5.94. The number of halogens is 1. The van der Waals surface area contributed by atoms with Crippen LogP contribution in [0.15, 0.2) is 24.3 Å². The van der Waals surface area contributed by atoms with Gasteiger partial charge in [-0.05, 0) is 49.9 Å². The number of para-hydroxylation sites is 1. The fourth-order valence-electron chi connectivity index (χ4n) is 3.51. The van der Waals surface area contributed by atoms with E-state index in [1.807, 2.05) is 24.3 Å². The minimum atomic E-state index is 0. The number of carbonyl (C=O) groups excluding carboxylic acids is 1. The molecule has 1 atom stereocenters. The van der Waals surface area contributed by atoms with E-state index in [1.54, 1.807) is 0 Å². The van der Waals surface area contributed by atoms with Crippen LogP contribution in [-0.2, 0) is 4.79 Å². The van der Waals surface area contributed by atoms with Crippen molar-refractivity contribution in [3.63, 3.8) is 0 Å². The molecule has 1 aliphatic rings. The van der Waals surface area contributed by atoms with Gasteiger partial charge in [-0.2, -0.15) is 5.10 Å². The molecule has 3 rings (SSSR count). The van der Waals surface area contributed by atoms with Crippen LogP contribution in [0.3, 0.4) is 0 Å². The lowest BCUT2D eigenvalue weighted by molar-refractivity contribution is -0.117. The zero-order chi connectivity index (χ0) is 18.5. The van der Waals surface area contributed by atoms with Gasteiger partial charge in [-0.3, -0.25) is 9.89 Å². The van der Waals surface area contributed by atoms with E-state index in [0.29, 0.717) is 24.1 Å². The lowest BCUT2D eigenvalue weighted by Gasteiger charge is -2.27. The number of H-pyrrole nitrogens is 1. The van der Waals surface area contributed by atoms with Gasteiger partial charge in [-0.15, -0.1) is 12.4 Å². The molecule has 2 heterocycles. The van der Waals surface area contributed by atoms with E-state index in [1.165, 1.54) is 0 Å². The lowest BCUT2D eigenvalue weighted by Crippen LogP contribution is -2.32. The van der Waals surface area contributed by atoms with Gasteiger partial charge in [-0.25, -0.2) is 4.98 Å². The number of nitrogens with zero attached hydrogens (tertiary/aromatic N) is 2. The maximum absolute atomic E-state index is 12.6. The molecule has 7 heteroatoms. The van der Waals surface area contributed by atoms with Crippen molar-refractivity contribution in [2.75, 3.05) is 18.4 Å². The highest BCUT2D eigenvalue weighted by Gasteiger charge is 2.22. The molecule has 2 aromatic rings. The summed E-state index contributed by atoms with van der Waals surface area (Å²) >= 11 is 0. The van der Waals surface area contributed by atoms with Crippen molar-refractivity contribution in [1.82, 2.24) is 20.5 Å². The standard InChI is InChI=1S/C20H29N5O.ClH/c1-13(2)19-23-20(25-24-19)16-6-4-5-7-17(16)22-18(26)12-14(3)15-8-10-21-11-9-15;/h4-7,13-15,21H,8-12H2,1-3H3,(H,22,26)(H,23,24,25);1H. The average Bonchev–Trinajstić information content (AvgIpc) is 3.13. The van der Waals surface area contributed by atoms with E-state index >= 15 is 0 Å². The monoisotopic (exact) mass is 391 g/mol. The van der Waals surface area contributed by atoms with Gasteiger partial charge >= 0.3 is 0 Å². The van der Waals surface area contributed by atoms with Crippen LogP contribution in [-0.4, -0.2) is 34.2 Å². The highest BCUT2D eigenvalue weighted by atomic mass is 35.5. The van der Waals surface area contributed by atoms with Gasteiger partial charge in [0.1, 0.15) is 5.82 Å². The minimum absolute atomic E-state index is 0. The van der Waals surface area contributed by atoms with Crippen LogP contribution in [0.25, 0.3) is 11.4 Å². The zero-order valence-corrected chi connectivity index (χ0v) is 17.1. The Balaban J connectivity index is 0.00000261. The summed E-state index contributed by atoms with van der Waals surface area (Å²) in [5.74, 6) is 2.82. The van der Waals surface area contributed by atoms with Gasteiger partial charge in [0, 0.05) is 17.9 Å². The molecule has 1 aliphatic heterocycles. The molecule has 0 bridgehead atoms. The summed E-state index contributed by atoms with van der Waals surface area (Å²) in [5.41, 5.74) is 1.61. The SMILES string of the molecule is CC(C)c1nc(-c2ccccc2NC(=O)CC(C)C2CCNCC2)n[nH]1.Cl. The fourth-order valence-corrected chi connectivity index (χ4v) is 3.51. The van der Waals surface area contributed by atoms with Crippen LogP contribution in [0.2, 0.25) is 0 Å². The van der Waals surface area contributed by atoms with Gasteiger partial charge in [0.15, 0.2) is 5.82 Å². The molecule has 3 N–H and O–H groups in total. The number of benzene rings is 1. The van der Waals surface area contributed by atoms with Crippen molar-refractivity contribution >= 4 is 24.0 Å². The van der Waals surface area contributed by atoms with E-state index < -0.39 is 0 Å². The van der Waals surface area contributed by atoms with Crippen LogP contribution in [0.4, 0.5) is 5.69 Å². The van der Waals surface area contributed by atoms with Crippen LogP contribution < -0.4 is 10.6 Å². The number of aromatic amines is 1. The Morgan fingerprint density at radius 3 is 2.59 bits per heavy atom. The van der Waals surface area contributed by atoms with Crippen molar-refractivity contribution < 1.29 is 4.79 Å². The second kappa shape index (κ2) is 9.85. The summed E-state index contributed by atoms with van der Waals surface area (Å²) in [6, 6.07) is 7.71. The smallest absolute Gasteiger partial charge is 0.224 e. The van der Waals surface area contributed by atoms with Crippen molar-refractivity contribution in [1.29, 1.82) is 0 Å². The van der Waals surface area contributed by atoms with Gasteiger partial charge < -0.3 is 10.6 Å². The van der Waals surface area contributed by atoms with E-state index in [4.69, 9.17) is 0 Å². The topological polar surface area (TPSA) is 82.7 Å². The Bertz CT molecular complexity index is 739. The molecule has 6 nitrogen and oxygen atoms in total. The highest BCUT2D eigenvalue weighted by Crippen LogP contribution is 2.28. The number of anilines is 1. The normalized spacial score (nSPS) is 16.0. The van der Waals surface area contributed by atoms with Crippen molar-refractivity contribution in [2.24, 2.45) is 11.8 Å². The Kier molecular flexibility index (Phi) is 7.80. The first-order valence-corrected chi connectivity index (χ1v) is 9.57. The average molecular weight is 392 g/mol. The zero-order valence-electron chi connectivity index (χ0n) is 16.3. The number of carbonyl (C=O) groups is 1. The summed E-state index contributed by atoms with van der Waals surface area (Å²) < 4.78 is 0. The molecule has 1 unspecified atom stereocenters. The molecule has 0 aliphatic carbocycles. The third-order valence-corrected chi connectivity index (χ3v) is 5.19. The van der Waals surface area contributed by atoms with Crippen molar-refractivity contribution in [2.45, 2.75) is 46.0 Å². The quantitative estimate of drug-likeness (QED) is 0.695. The number of amides is 1. The third kappa shape index (κ3) is 5.53. The number of hydrogen-bond acceptors (Lipinski definition) is 4. The maximum Gasteiger partial charge on any atom is 0.224 e. The van der Waals surface area contributed by atoms with Crippen molar-refractivity contribution in [3.05, 3.63) is 30.1 Å². The van der Waals surface area contributed by atoms with Gasteiger partial charge in [0.25, 0.3) is 0 Å². The first-order chi connectivity index (χ1) is 12.5. The largest absolute Gasteiger partial charge is 0.325 e.